The molecule has 1 rings (SSSR count). The van der Waals surface area contributed by atoms with E-state index in [-0.39, 0.29) is 31.4 Å². The van der Waals surface area contributed by atoms with Gasteiger partial charge in [0.1, 0.15) is 0 Å². The van der Waals surface area contributed by atoms with Gasteiger partial charge in [0.25, 0.3) is 0 Å². The number of benzene rings is 1. The Morgan fingerprint density at radius 2 is 1.55 bits per heavy atom. The number of halogens is 3. The van der Waals surface area contributed by atoms with Gasteiger partial charge in [0.2, 0.25) is 0 Å². The molecule has 0 saturated carbocycles. The average Bonchev–Trinajstić information content (AvgIpc) is 1.90. The van der Waals surface area contributed by atoms with Crippen LogP contribution in [0, 0.1) is 0 Å². The summed E-state index contributed by atoms with van der Waals surface area (Å²) in [5, 5.41) is 9.29. The lowest BCUT2D eigenvalue weighted by Crippen LogP contribution is -1.79. The van der Waals surface area contributed by atoms with Gasteiger partial charge in [0.05, 0.1) is 6.61 Å². The van der Waals surface area contributed by atoms with Crippen LogP contribution in [-0.4, -0.2) is 5.11 Å². The normalized spacial score (nSPS) is 7.82. The van der Waals surface area contributed by atoms with Crippen LogP contribution in [0.4, 0.5) is 0 Å². The van der Waals surface area contributed by atoms with Crippen LogP contribution in [0.1, 0.15) is 5.56 Å². The van der Waals surface area contributed by atoms with E-state index < -0.39 is 0 Å². The summed E-state index contributed by atoms with van der Waals surface area (Å²) >= 11 is 5.59. The Kier molecular flexibility index (Phi) is 8.35. The van der Waals surface area contributed by atoms with Crippen molar-refractivity contribution in [2.24, 2.45) is 0 Å². The fourth-order valence-electron chi connectivity index (χ4n) is 0.590. The quantitative estimate of drug-likeness (QED) is 0.764. The fraction of sp³-hybridized carbons (Fsp3) is 0.143. The number of aliphatic hydroxyl groups excluding tert-OH is 1. The van der Waals surface area contributed by atoms with Crippen molar-refractivity contribution in [3.63, 3.8) is 0 Å². The van der Waals surface area contributed by atoms with E-state index in [0.29, 0.717) is 5.02 Å². The Balaban J connectivity index is 0. The predicted molar refractivity (Wildman–Crippen MR) is 51.9 cm³/mol. The van der Waals surface area contributed by atoms with E-state index in [4.69, 9.17) is 16.7 Å². The Bertz CT molecular complexity index is 185. The highest BCUT2D eigenvalue weighted by molar-refractivity contribution is 6.30. The summed E-state index contributed by atoms with van der Waals surface area (Å²) in [5.41, 5.74) is 0.888. The summed E-state index contributed by atoms with van der Waals surface area (Å²) in [6.07, 6.45) is 0. The van der Waals surface area contributed by atoms with Crippen LogP contribution >= 0.6 is 36.4 Å². The first-order chi connectivity index (χ1) is 4.33. The van der Waals surface area contributed by atoms with Crippen LogP contribution in [0.25, 0.3) is 0 Å². The van der Waals surface area contributed by atoms with Crippen LogP contribution < -0.4 is 0 Å². The van der Waals surface area contributed by atoms with Gasteiger partial charge >= 0.3 is 0 Å². The molecule has 0 spiro atoms. The van der Waals surface area contributed by atoms with Crippen LogP contribution in [-0.2, 0) is 6.61 Å². The van der Waals surface area contributed by atoms with Gasteiger partial charge in [-0.05, 0) is 17.7 Å². The standard InChI is InChI=1S/C7H7ClO.2ClH/c8-7-3-1-6(5-9)2-4-7;;/h1-4,9H,5H2;2*1H. The van der Waals surface area contributed by atoms with Gasteiger partial charge in [-0.1, -0.05) is 23.7 Å². The van der Waals surface area contributed by atoms with E-state index in [2.05, 4.69) is 0 Å². The van der Waals surface area contributed by atoms with Crippen molar-refractivity contribution < 1.29 is 5.11 Å². The molecule has 64 valence electrons. The molecule has 0 heterocycles. The average molecular weight is 216 g/mol. The second kappa shape index (κ2) is 6.74. The Morgan fingerprint density at radius 1 is 1.09 bits per heavy atom. The summed E-state index contributed by atoms with van der Waals surface area (Å²) in [5.74, 6) is 0. The maximum absolute atomic E-state index is 8.59. The van der Waals surface area contributed by atoms with Crippen molar-refractivity contribution in [3.8, 4) is 0 Å². The highest BCUT2D eigenvalue weighted by Gasteiger charge is 1.87. The van der Waals surface area contributed by atoms with E-state index in [1.165, 1.54) is 0 Å². The third-order valence-electron chi connectivity index (χ3n) is 1.10. The predicted octanol–water partition coefficient (Wildman–Crippen LogP) is 2.68. The van der Waals surface area contributed by atoms with E-state index in [0.717, 1.165) is 5.56 Å². The van der Waals surface area contributed by atoms with Crippen molar-refractivity contribution in [1.29, 1.82) is 0 Å². The van der Waals surface area contributed by atoms with Crippen molar-refractivity contribution in [2.45, 2.75) is 6.61 Å². The highest BCUT2D eigenvalue weighted by Crippen LogP contribution is 2.08. The molecule has 4 heteroatoms. The molecule has 0 fully saturated rings. The van der Waals surface area contributed by atoms with Crippen molar-refractivity contribution in [1.82, 2.24) is 0 Å². The second-order valence-corrected chi connectivity index (χ2v) is 2.22. The molecule has 0 bridgehead atoms. The molecule has 1 N–H and O–H groups in total. The molecule has 0 radical (unpaired) electrons. The molecule has 0 aliphatic heterocycles. The molecule has 0 unspecified atom stereocenters. The summed E-state index contributed by atoms with van der Waals surface area (Å²) in [4.78, 5) is 0. The minimum atomic E-state index is 0. The van der Waals surface area contributed by atoms with Gasteiger partial charge in [-0.3, -0.25) is 0 Å². The molecule has 11 heavy (non-hydrogen) atoms. The zero-order valence-electron chi connectivity index (χ0n) is 5.66. The van der Waals surface area contributed by atoms with Gasteiger partial charge in [-0.2, -0.15) is 0 Å². The molecule has 0 atom stereocenters. The molecule has 1 nitrogen and oxygen atoms in total. The first-order valence-corrected chi connectivity index (χ1v) is 3.06. The highest BCUT2D eigenvalue weighted by atomic mass is 35.5. The second-order valence-electron chi connectivity index (χ2n) is 1.78. The van der Waals surface area contributed by atoms with Crippen LogP contribution in [0.15, 0.2) is 24.3 Å². The van der Waals surface area contributed by atoms with E-state index in [1.807, 2.05) is 0 Å². The van der Waals surface area contributed by atoms with Gasteiger partial charge in [0.15, 0.2) is 0 Å². The molecule has 0 saturated heterocycles. The van der Waals surface area contributed by atoms with Crippen molar-refractivity contribution in [3.05, 3.63) is 34.9 Å². The molecule has 0 aromatic heterocycles. The first kappa shape index (κ1) is 13.6. The Labute approximate surface area is 83.2 Å². The maximum atomic E-state index is 8.59. The lowest BCUT2D eigenvalue weighted by Gasteiger charge is -1.92. The first-order valence-electron chi connectivity index (χ1n) is 2.68. The lowest BCUT2D eigenvalue weighted by atomic mass is 10.2. The SMILES string of the molecule is Cl.Cl.OCc1ccc(Cl)cc1. The fourth-order valence-corrected chi connectivity index (χ4v) is 0.716. The number of aliphatic hydroxyl groups is 1. The summed E-state index contributed by atoms with van der Waals surface area (Å²) < 4.78 is 0. The van der Waals surface area contributed by atoms with Crippen LogP contribution in [0.5, 0.6) is 0 Å². The smallest absolute Gasteiger partial charge is 0.0681 e. The summed E-state index contributed by atoms with van der Waals surface area (Å²) in [6.45, 7) is 0.0805. The minimum absolute atomic E-state index is 0. The van der Waals surface area contributed by atoms with E-state index in [1.54, 1.807) is 24.3 Å². The van der Waals surface area contributed by atoms with E-state index in [9.17, 15) is 0 Å². The van der Waals surface area contributed by atoms with Crippen LogP contribution in [0.2, 0.25) is 5.02 Å². The zero-order chi connectivity index (χ0) is 6.69. The van der Waals surface area contributed by atoms with E-state index >= 15 is 0 Å². The van der Waals surface area contributed by atoms with Gasteiger partial charge in [0, 0.05) is 5.02 Å². The molecular formula is C7H9Cl3O. The molecule has 0 aliphatic rings. The van der Waals surface area contributed by atoms with Gasteiger partial charge in [-0.25, -0.2) is 0 Å². The molecule has 1 aromatic carbocycles. The van der Waals surface area contributed by atoms with Gasteiger partial charge in [-0.15, -0.1) is 24.8 Å². The third kappa shape index (κ3) is 4.49. The molecule has 0 aliphatic carbocycles. The molecule has 0 amide bonds. The monoisotopic (exact) mass is 214 g/mol. The number of rotatable bonds is 1. The summed E-state index contributed by atoms with van der Waals surface area (Å²) in [7, 11) is 0. The number of hydrogen-bond donors (Lipinski definition) is 1. The van der Waals surface area contributed by atoms with Gasteiger partial charge < -0.3 is 5.11 Å². The van der Waals surface area contributed by atoms with Crippen molar-refractivity contribution >= 4 is 36.4 Å². The topological polar surface area (TPSA) is 20.2 Å². The summed E-state index contributed by atoms with van der Waals surface area (Å²) in [6, 6.07) is 7.10. The Hall–Kier alpha value is 0.0500. The maximum Gasteiger partial charge on any atom is 0.0681 e. The largest absolute Gasteiger partial charge is 0.392 e. The lowest BCUT2D eigenvalue weighted by molar-refractivity contribution is 0.282. The third-order valence-corrected chi connectivity index (χ3v) is 1.35. The zero-order valence-corrected chi connectivity index (χ0v) is 8.05. The minimum Gasteiger partial charge on any atom is -0.392 e. The van der Waals surface area contributed by atoms with Crippen LogP contribution in [0.3, 0.4) is 0 Å². The molecular weight excluding hydrogens is 206 g/mol. The Morgan fingerprint density at radius 3 is 1.91 bits per heavy atom. The number of hydrogen-bond acceptors (Lipinski definition) is 1. The van der Waals surface area contributed by atoms with Crippen molar-refractivity contribution in [2.75, 3.05) is 0 Å². The molecule has 1 aromatic rings.